The van der Waals surface area contributed by atoms with Gasteiger partial charge in [-0.25, -0.2) is 0 Å². The molecule has 1 aromatic carbocycles. The summed E-state index contributed by atoms with van der Waals surface area (Å²) in [4.78, 5) is 71.6. The van der Waals surface area contributed by atoms with Crippen LogP contribution < -0.4 is 20.7 Å². The van der Waals surface area contributed by atoms with Gasteiger partial charge in [-0.3, -0.25) is 24.0 Å². The first-order chi connectivity index (χ1) is 24.9. The SMILES string of the molecule is CC(C)(C)Oc1ccc(C[C@H](NC(=O)[C@@H]2C3CCCC3CN2C(=O)[C@@H](NC(=O)CC23CC4CC(CC(C4)C2)C3)C(C)(C)C)C(=O)C(=O)NC2CC2)cc1. The van der Waals surface area contributed by atoms with Gasteiger partial charge < -0.3 is 25.6 Å². The van der Waals surface area contributed by atoms with Gasteiger partial charge in [0.05, 0.1) is 0 Å². The zero-order valence-electron chi connectivity index (χ0n) is 32.8. The van der Waals surface area contributed by atoms with Crippen LogP contribution in [0.1, 0.15) is 124 Å². The van der Waals surface area contributed by atoms with Gasteiger partial charge in [-0.1, -0.05) is 39.3 Å². The fraction of sp³-hybridized carbons (Fsp3) is 0.744. The van der Waals surface area contributed by atoms with E-state index in [4.69, 9.17) is 4.74 Å². The number of hydrogen-bond acceptors (Lipinski definition) is 6. The van der Waals surface area contributed by atoms with Crippen LogP contribution in [-0.4, -0.2) is 70.6 Å². The lowest BCUT2D eigenvalue weighted by Crippen LogP contribution is -2.60. The van der Waals surface area contributed by atoms with Gasteiger partial charge in [0.15, 0.2) is 0 Å². The van der Waals surface area contributed by atoms with Crippen LogP contribution in [0.4, 0.5) is 0 Å². The van der Waals surface area contributed by atoms with E-state index in [0.29, 0.717) is 18.7 Å². The summed E-state index contributed by atoms with van der Waals surface area (Å²) in [5.74, 6) is 0.895. The summed E-state index contributed by atoms with van der Waals surface area (Å²) >= 11 is 0. The molecule has 290 valence electrons. The number of nitrogens with zero attached hydrogens (tertiary/aromatic N) is 1. The van der Waals surface area contributed by atoms with Crippen molar-refractivity contribution < 1.29 is 28.7 Å². The van der Waals surface area contributed by atoms with Gasteiger partial charge in [0, 0.05) is 25.4 Å². The van der Waals surface area contributed by atoms with E-state index >= 15 is 0 Å². The van der Waals surface area contributed by atoms with Crippen molar-refractivity contribution >= 4 is 29.4 Å². The molecule has 0 spiro atoms. The Morgan fingerprint density at radius 1 is 0.849 bits per heavy atom. The summed E-state index contributed by atoms with van der Waals surface area (Å²) in [6.45, 7) is 12.3. The summed E-state index contributed by atoms with van der Waals surface area (Å²) in [6, 6.07) is 4.67. The fourth-order valence-corrected chi connectivity index (χ4v) is 11.1. The molecular weight excluding hydrogens is 668 g/mol. The zero-order chi connectivity index (χ0) is 37.9. The van der Waals surface area contributed by atoms with Crippen molar-refractivity contribution in [3.05, 3.63) is 29.8 Å². The van der Waals surface area contributed by atoms with Gasteiger partial charge in [-0.15, -0.1) is 0 Å². The minimum atomic E-state index is -1.11. The standard InChI is InChI=1S/C43H62N4O6/c1-41(2,3)37(46-34(48)23-43-20-26-16-27(21-43)18-28(17-26)22-43)40(52)47-24-29-8-7-9-32(29)35(47)38(50)45-33(36(49)39(51)44-30-12-13-30)19-25-10-14-31(15-11-25)53-42(4,5)6/h10-11,14-15,26-30,32-33,35,37H,7-9,12-13,16-24H2,1-6H3,(H,44,51)(H,45,50)(H,46,48)/t26?,27?,28?,29?,32?,33-,35-,37+,43?/m0/s1. The molecule has 0 aromatic heterocycles. The Balaban J connectivity index is 1.08. The molecule has 1 heterocycles. The Labute approximate surface area is 315 Å². The molecule has 4 bridgehead atoms. The molecular formula is C43H62N4O6. The number of fused-ring (bicyclic) bond motifs is 1. The van der Waals surface area contributed by atoms with Crippen LogP contribution in [0.25, 0.3) is 0 Å². The molecule has 10 heteroatoms. The van der Waals surface area contributed by atoms with Gasteiger partial charge in [0.1, 0.15) is 29.5 Å². The molecule has 1 aliphatic heterocycles. The Hall–Kier alpha value is -3.43. The van der Waals surface area contributed by atoms with Crippen molar-refractivity contribution in [2.75, 3.05) is 6.54 Å². The topological polar surface area (TPSA) is 134 Å². The summed E-state index contributed by atoms with van der Waals surface area (Å²) in [5.41, 5.74) is -0.141. The van der Waals surface area contributed by atoms with Crippen molar-refractivity contribution in [3.8, 4) is 5.75 Å². The van der Waals surface area contributed by atoms with Gasteiger partial charge in [0.25, 0.3) is 5.91 Å². The van der Waals surface area contributed by atoms with Gasteiger partial charge in [0.2, 0.25) is 23.5 Å². The lowest BCUT2D eigenvalue weighted by Gasteiger charge is -2.56. The minimum absolute atomic E-state index is 0.00805. The van der Waals surface area contributed by atoms with E-state index in [1.807, 2.05) is 65.8 Å². The van der Waals surface area contributed by atoms with E-state index in [-0.39, 0.29) is 47.1 Å². The molecule has 2 unspecified atom stereocenters. The van der Waals surface area contributed by atoms with E-state index in [2.05, 4.69) is 16.0 Å². The second kappa shape index (κ2) is 14.3. The number of rotatable bonds is 12. The second-order valence-corrected chi connectivity index (χ2v) is 20.0. The second-order valence-electron chi connectivity index (χ2n) is 20.0. The third kappa shape index (κ3) is 8.62. The molecule has 6 saturated carbocycles. The molecule has 6 aliphatic carbocycles. The third-order valence-corrected chi connectivity index (χ3v) is 13.1. The van der Waals surface area contributed by atoms with Crippen LogP contribution >= 0.6 is 0 Å². The minimum Gasteiger partial charge on any atom is -0.488 e. The Morgan fingerprint density at radius 3 is 2.04 bits per heavy atom. The number of likely N-dealkylation sites (tertiary alicyclic amines) is 1. The average Bonchev–Trinajstić information content (AvgIpc) is 3.61. The van der Waals surface area contributed by atoms with E-state index in [1.54, 1.807) is 4.90 Å². The van der Waals surface area contributed by atoms with Crippen LogP contribution in [0, 0.1) is 40.4 Å². The maximum atomic E-state index is 14.7. The summed E-state index contributed by atoms with van der Waals surface area (Å²) < 4.78 is 5.97. The highest BCUT2D eigenvalue weighted by Gasteiger charge is 2.54. The number of Topliss-reactive ketones (excluding diaryl/α,β-unsaturated/α-hetero) is 1. The summed E-state index contributed by atoms with van der Waals surface area (Å²) in [7, 11) is 0. The molecule has 3 N–H and O–H groups in total. The number of amides is 4. The quantitative estimate of drug-likeness (QED) is 0.243. The number of hydrogen-bond donors (Lipinski definition) is 3. The molecule has 0 radical (unpaired) electrons. The first-order valence-electron chi connectivity index (χ1n) is 20.5. The van der Waals surface area contributed by atoms with Gasteiger partial charge in [-0.2, -0.15) is 0 Å². The van der Waals surface area contributed by atoms with Crippen LogP contribution in [-0.2, 0) is 30.4 Å². The van der Waals surface area contributed by atoms with Crippen molar-refractivity contribution in [3.63, 3.8) is 0 Å². The molecule has 1 saturated heterocycles. The third-order valence-electron chi connectivity index (χ3n) is 13.1. The average molecular weight is 731 g/mol. The Morgan fingerprint density at radius 2 is 1.47 bits per heavy atom. The predicted octanol–water partition coefficient (Wildman–Crippen LogP) is 5.50. The maximum Gasteiger partial charge on any atom is 0.289 e. The van der Waals surface area contributed by atoms with E-state index < -0.39 is 41.1 Å². The van der Waals surface area contributed by atoms with Gasteiger partial charge >= 0.3 is 0 Å². The normalized spacial score (nSPS) is 31.4. The van der Waals surface area contributed by atoms with Crippen LogP contribution in [0.3, 0.4) is 0 Å². The highest BCUT2D eigenvalue weighted by atomic mass is 16.5. The molecule has 1 aromatic rings. The first-order valence-corrected chi connectivity index (χ1v) is 20.5. The largest absolute Gasteiger partial charge is 0.488 e. The van der Waals surface area contributed by atoms with Crippen molar-refractivity contribution in [1.82, 2.24) is 20.9 Å². The monoisotopic (exact) mass is 730 g/mol. The maximum absolute atomic E-state index is 14.7. The molecule has 10 nitrogen and oxygen atoms in total. The zero-order valence-corrected chi connectivity index (χ0v) is 32.8. The van der Waals surface area contributed by atoms with E-state index in [1.165, 1.54) is 19.3 Å². The molecule has 53 heavy (non-hydrogen) atoms. The van der Waals surface area contributed by atoms with E-state index in [0.717, 1.165) is 74.7 Å². The number of nitrogens with one attached hydrogen (secondary N) is 3. The smallest absolute Gasteiger partial charge is 0.289 e. The summed E-state index contributed by atoms with van der Waals surface area (Å²) in [5, 5.41) is 8.97. The number of ketones is 1. The van der Waals surface area contributed by atoms with Crippen LogP contribution in [0.2, 0.25) is 0 Å². The fourth-order valence-electron chi connectivity index (χ4n) is 11.1. The Bertz CT molecular complexity index is 1550. The van der Waals surface area contributed by atoms with Crippen LogP contribution in [0.15, 0.2) is 24.3 Å². The van der Waals surface area contributed by atoms with Crippen molar-refractivity contribution in [1.29, 1.82) is 0 Å². The number of carbonyl (C=O) groups excluding carboxylic acids is 5. The first kappa shape index (κ1) is 37.9. The number of benzene rings is 1. The molecule has 8 rings (SSSR count). The van der Waals surface area contributed by atoms with E-state index in [9.17, 15) is 24.0 Å². The number of carbonyl (C=O) groups is 5. The molecule has 7 aliphatic rings. The van der Waals surface area contributed by atoms with Crippen LogP contribution in [0.5, 0.6) is 5.75 Å². The van der Waals surface area contributed by atoms with Crippen molar-refractivity contribution in [2.24, 2.45) is 40.4 Å². The highest BCUT2D eigenvalue weighted by Crippen LogP contribution is 2.61. The predicted molar refractivity (Wildman–Crippen MR) is 202 cm³/mol. The molecule has 4 amide bonds. The van der Waals surface area contributed by atoms with Gasteiger partial charge in [-0.05, 0) is 143 Å². The molecule has 5 atom stereocenters. The Kier molecular flexibility index (Phi) is 10.2. The summed E-state index contributed by atoms with van der Waals surface area (Å²) in [6.07, 6.45) is 12.2. The van der Waals surface area contributed by atoms with Crippen molar-refractivity contribution in [2.45, 2.75) is 155 Å². The molecule has 7 fully saturated rings. The lowest BCUT2D eigenvalue weighted by molar-refractivity contribution is -0.146. The lowest BCUT2D eigenvalue weighted by atomic mass is 9.49. The number of ether oxygens (including phenoxy) is 1. The highest BCUT2D eigenvalue weighted by molar-refractivity contribution is 6.38.